The Balaban J connectivity index is 1.81. The number of carbonyl (C=O) groups is 1. The van der Waals surface area contributed by atoms with Crippen molar-refractivity contribution >= 4 is 17.4 Å². The van der Waals surface area contributed by atoms with Crippen LogP contribution in [0.4, 0.5) is 16.2 Å². The van der Waals surface area contributed by atoms with Crippen molar-refractivity contribution in [2.75, 3.05) is 50.9 Å². The maximum atomic E-state index is 12.0. The summed E-state index contributed by atoms with van der Waals surface area (Å²) in [6, 6.07) is 6.49. The molecule has 0 aliphatic carbocycles. The molecule has 5 heteroatoms. The average Bonchev–Trinajstić information content (AvgIpc) is 2.53. The van der Waals surface area contributed by atoms with Crippen LogP contribution in [-0.4, -0.2) is 56.1 Å². The van der Waals surface area contributed by atoms with Gasteiger partial charge in [-0.25, -0.2) is 4.79 Å². The fourth-order valence-electron chi connectivity index (χ4n) is 3.82. The Morgan fingerprint density at radius 3 is 2.25 bits per heavy atom. The quantitative estimate of drug-likeness (QED) is 0.848. The lowest BCUT2D eigenvalue weighted by Crippen LogP contribution is -2.49. The second-order valence-corrected chi connectivity index (χ2v) is 8.21. The second-order valence-electron chi connectivity index (χ2n) is 8.21. The van der Waals surface area contributed by atoms with E-state index in [0.717, 1.165) is 37.6 Å². The first-order valence-electron chi connectivity index (χ1n) is 8.87. The first-order chi connectivity index (χ1) is 11.3. The van der Waals surface area contributed by atoms with Gasteiger partial charge in [0.1, 0.15) is 0 Å². The van der Waals surface area contributed by atoms with Crippen LogP contribution in [-0.2, 0) is 0 Å². The highest BCUT2D eigenvalue weighted by Crippen LogP contribution is 2.36. The number of hydrogen-bond acceptors (Lipinski definition) is 3. The molecule has 2 N–H and O–H groups in total. The van der Waals surface area contributed by atoms with Crippen LogP contribution in [0.2, 0.25) is 0 Å². The van der Waals surface area contributed by atoms with Gasteiger partial charge >= 0.3 is 6.03 Å². The Kier molecular flexibility index (Phi) is 4.37. The van der Waals surface area contributed by atoms with Crippen LogP contribution in [0.5, 0.6) is 0 Å². The third kappa shape index (κ3) is 3.30. The molecule has 0 spiro atoms. The number of hydrogen-bond donors (Lipinski definition) is 1. The molecule has 1 aromatic rings. The zero-order valence-electron chi connectivity index (χ0n) is 15.4. The van der Waals surface area contributed by atoms with Gasteiger partial charge in [-0.2, -0.15) is 0 Å². The summed E-state index contributed by atoms with van der Waals surface area (Å²) in [4.78, 5) is 18.0. The fraction of sp³-hybridized carbons (Fsp3) is 0.632. The van der Waals surface area contributed by atoms with Gasteiger partial charge in [0.15, 0.2) is 0 Å². The van der Waals surface area contributed by atoms with E-state index in [0.29, 0.717) is 11.3 Å². The number of benzene rings is 1. The molecule has 2 amide bonds. The number of nitrogens with two attached hydrogens (primary N) is 1. The number of nitrogens with zero attached hydrogens (tertiary/aromatic N) is 3. The number of amides is 2. The highest BCUT2D eigenvalue weighted by molar-refractivity contribution is 5.75. The van der Waals surface area contributed by atoms with E-state index in [9.17, 15) is 4.79 Å². The standard InChI is InChI=1S/C19H30N4O/c1-19(2)7-9-23(10-8-19)17-11-14(5-6-16(17)20)15-12-21(3)18(24)22(4)13-15/h5-6,11,15H,7-10,12-13,20H2,1-4H3. The summed E-state index contributed by atoms with van der Waals surface area (Å²) in [5.74, 6) is 0.332. The summed E-state index contributed by atoms with van der Waals surface area (Å²) < 4.78 is 0. The van der Waals surface area contributed by atoms with Crippen molar-refractivity contribution in [3.63, 3.8) is 0 Å². The molecular formula is C19H30N4O. The third-order valence-electron chi connectivity index (χ3n) is 5.63. The number of anilines is 2. The lowest BCUT2D eigenvalue weighted by Gasteiger charge is -2.39. The van der Waals surface area contributed by atoms with E-state index in [2.05, 4.69) is 30.9 Å². The van der Waals surface area contributed by atoms with Crippen molar-refractivity contribution < 1.29 is 4.79 Å². The molecule has 0 aromatic heterocycles. The summed E-state index contributed by atoms with van der Waals surface area (Å²) >= 11 is 0. The van der Waals surface area contributed by atoms with Gasteiger partial charge in [0.2, 0.25) is 0 Å². The minimum absolute atomic E-state index is 0.0974. The molecule has 0 radical (unpaired) electrons. The molecule has 5 nitrogen and oxygen atoms in total. The van der Waals surface area contributed by atoms with Crippen molar-refractivity contribution in [2.45, 2.75) is 32.6 Å². The fourth-order valence-corrected chi connectivity index (χ4v) is 3.82. The molecular weight excluding hydrogens is 300 g/mol. The minimum atomic E-state index is 0.0974. The van der Waals surface area contributed by atoms with Crippen molar-refractivity contribution in [1.82, 2.24) is 9.80 Å². The maximum Gasteiger partial charge on any atom is 0.319 e. The maximum absolute atomic E-state index is 12.0. The van der Waals surface area contributed by atoms with Crippen molar-refractivity contribution in [3.8, 4) is 0 Å². The van der Waals surface area contributed by atoms with Crippen LogP contribution < -0.4 is 10.6 Å². The summed E-state index contributed by atoms with van der Waals surface area (Å²) in [5.41, 5.74) is 9.99. The number of rotatable bonds is 2. The van der Waals surface area contributed by atoms with Gasteiger partial charge in [-0.1, -0.05) is 19.9 Å². The van der Waals surface area contributed by atoms with Gasteiger partial charge < -0.3 is 20.4 Å². The largest absolute Gasteiger partial charge is 0.397 e. The van der Waals surface area contributed by atoms with Gasteiger partial charge in [-0.05, 0) is 36.0 Å². The minimum Gasteiger partial charge on any atom is -0.397 e. The smallest absolute Gasteiger partial charge is 0.319 e. The number of urea groups is 1. The molecule has 2 aliphatic heterocycles. The van der Waals surface area contributed by atoms with Crippen LogP contribution in [0.3, 0.4) is 0 Å². The molecule has 2 heterocycles. The van der Waals surface area contributed by atoms with Gasteiger partial charge in [-0.3, -0.25) is 0 Å². The lowest BCUT2D eigenvalue weighted by atomic mass is 9.82. The van der Waals surface area contributed by atoms with Crippen LogP contribution in [0.25, 0.3) is 0 Å². The third-order valence-corrected chi connectivity index (χ3v) is 5.63. The summed E-state index contributed by atoms with van der Waals surface area (Å²) in [6.07, 6.45) is 2.39. The normalized spacial score (nSPS) is 22.2. The Labute approximate surface area is 145 Å². The number of piperidine rings is 1. The first kappa shape index (κ1) is 16.9. The van der Waals surface area contributed by atoms with Crippen molar-refractivity contribution in [2.24, 2.45) is 5.41 Å². The highest BCUT2D eigenvalue weighted by Gasteiger charge is 2.30. The van der Waals surface area contributed by atoms with Crippen LogP contribution in [0.15, 0.2) is 18.2 Å². The van der Waals surface area contributed by atoms with E-state index in [-0.39, 0.29) is 6.03 Å². The molecule has 0 unspecified atom stereocenters. The summed E-state index contributed by atoms with van der Waals surface area (Å²) in [5, 5.41) is 0. The van der Waals surface area contributed by atoms with Gasteiger partial charge in [0.25, 0.3) is 0 Å². The van der Waals surface area contributed by atoms with Crippen molar-refractivity contribution in [1.29, 1.82) is 0 Å². The molecule has 1 aromatic carbocycles. The van der Waals surface area contributed by atoms with Gasteiger partial charge in [0.05, 0.1) is 11.4 Å². The Morgan fingerprint density at radius 1 is 1.08 bits per heavy atom. The van der Waals surface area contributed by atoms with E-state index < -0.39 is 0 Å². The number of nitrogen functional groups attached to an aromatic ring is 1. The predicted octanol–water partition coefficient (Wildman–Crippen LogP) is 2.98. The predicted molar refractivity (Wildman–Crippen MR) is 99.5 cm³/mol. The Hall–Kier alpha value is -1.91. The topological polar surface area (TPSA) is 52.8 Å². The van der Waals surface area contributed by atoms with Crippen LogP contribution in [0, 0.1) is 5.41 Å². The molecule has 2 saturated heterocycles. The number of carbonyl (C=O) groups excluding carboxylic acids is 1. The molecule has 2 aliphatic rings. The molecule has 0 atom stereocenters. The van der Waals surface area contributed by atoms with E-state index in [1.54, 1.807) is 9.80 Å². The zero-order chi connectivity index (χ0) is 17.5. The highest BCUT2D eigenvalue weighted by atomic mass is 16.2. The molecule has 24 heavy (non-hydrogen) atoms. The lowest BCUT2D eigenvalue weighted by molar-refractivity contribution is 0.144. The first-order valence-corrected chi connectivity index (χ1v) is 8.87. The van der Waals surface area contributed by atoms with Gasteiger partial charge in [0, 0.05) is 46.2 Å². The number of likely N-dealkylation sites (N-methyl/N-ethyl adjacent to an activating group) is 2. The van der Waals surface area contributed by atoms with Crippen molar-refractivity contribution in [3.05, 3.63) is 23.8 Å². The van der Waals surface area contributed by atoms with E-state index in [1.807, 2.05) is 20.2 Å². The Morgan fingerprint density at radius 2 is 1.67 bits per heavy atom. The van der Waals surface area contributed by atoms with Crippen LogP contribution in [0.1, 0.15) is 38.2 Å². The van der Waals surface area contributed by atoms with Crippen LogP contribution >= 0.6 is 0 Å². The molecule has 2 fully saturated rings. The second kappa shape index (κ2) is 6.19. The van der Waals surface area contributed by atoms with Gasteiger partial charge in [-0.15, -0.1) is 0 Å². The SMILES string of the molecule is CN1CC(c2ccc(N)c(N3CCC(C)(C)CC3)c2)CN(C)C1=O. The van der Waals surface area contributed by atoms with E-state index in [4.69, 9.17) is 5.73 Å². The molecule has 132 valence electrons. The Bertz CT molecular complexity index is 604. The monoisotopic (exact) mass is 330 g/mol. The zero-order valence-corrected chi connectivity index (χ0v) is 15.4. The van der Waals surface area contributed by atoms with E-state index in [1.165, 1.54) is 18.4 Å². The summed E-state index contributed by atoms with van der Waals surface area (Å²) in [6.45, 7) is 8.33. The average molecular weight is 330 g/mol. The van der Waals surface area contributed by atoms with E-state index >= 15 is 0 Å². The summed E-state index contributed by atoms with van der Waals surface area (Å²) in [7, 11) is 3.74. The molecule has 3 rings (SSSR count). The molecule has 0 bridgehead atoms. The molecule has 0 saturated carbocycles.